The molecule has 0 radical (unpaired) electrons. The molecule has 7 heteroatoms. The number of ether oxygens (including phenoxy) is 2. The van der Waals surface area contributed by atoms with E-state index in [1.165, 1.54) is 6.26 Å². The molecule has 2 fully saturated rings. The fourth-order valence-corrected chi connectivity index (χ4v) is 3.50. The zero-order valence-electron chi connectivity index (χ0n) is 14.9. The summed E-state index contributed by atoms with van der Waals surface area (Å²) in [5.74, 6) is 0.284. The van der Waals surface area contributed by atoms with Gasteiger partial charge in [-0.15, -0.1) is 0 Å². The molecule has 7 nitrogen and oxygen atoms in total. The Hall–Kier alpha value is -2.64. The molecule has 2 amide bonds. The maximum atomic E-state index is 12.7. The third kappa shape index (κ3) is 4.04. The smallest absolute Gasteiger partial charge is 0.291 e. The Morgan fingerprint density at radius 3 is 2.33 bits per heavy atom. The fraction of sp³-hybridized carbons (Fsp3) is 0.400. The highest BCUT2D eigenvalue weighted by atomic mass is 16.7. The summed E-state index contributed by atoms with van der Waals surface area (Å²) in [4.78, 5) is 26.6. The lowest BCUT2D eigenvalue weighted by Gasteiger charge is -2.33. The lowest BCUT2D eigenvalue weighted by molar-refractivity contribution is -0.0956. The zero-order chi connectivity index (χ0) is 18.6. The summed E-state index contributed by atoms with van der Waals surface area (Å²) >= 11 is 0. The highest BCUT2D eigenvalue weighted by Crippen LogP contribution is 2.26. The average Bonchev–Trinajstić information content (AvgIpc) is 3.42. The molecule has 2 saturated heterocycles. The van der Waals surface area contributed by atoms with Gasteiger partial charge in [0.1, 0.15) is 0 Å². The third-order valence-corrected chi connectivity index (χ3v) is 4.99. The first kappa shape index (κ1) is 17.8. The molecule has 27 heavy (non-hydrogen) atoms. The van der Waals surface area contributed by atoms with Gasteiger partial charge in [0, 0.05) is 30.3 Å². The lowest BCUT2D eigenvalue weighted by Crippen LogP contribution is -2.41. The lowest BCUT2D eigenvalue weighted by atomic mass is 9.95. The molecule has 0 spiro atoms. The number of amides is 2. The summed E-state index contributed by atoms with van der Waals surface area (Å²) in [7, 11) is 0. The number of rotatable bonds is 4. The van der Waals surface area contributed by atoms with E-state index in [-0.39, 0.29) is 23.9 Å². The van der Waals surface area contributed by atoms with E-state index in [1.54, 1.807) is 36.4 Å². The number of nitrogens with zero attached hydrogens (tertiary/aromatic N) is 1. The first-order chi connectivity index (χ1) is 13.2. The van der Waals surface area contributed by atoms with Crippen LogP contribution in [0.3, 0.4) is 0 Å². The topological polar surface area (TPSA) is 81.0 Å². The van der Waals surface area contributed by atoms with Gasteiger partial charge in [-0.3, -0.25) is 9.59 Å². The van der Waals surface area contributed by atoms with Crippen LogP contribution in [0.5, 0.6) is 0 Å². The van der Waals surface area contributed by atoms with E-state index in [4.69, 9.17) is 13.9 Å². The van der Waals surface area contributed by atoms with Crippen molar-refractivity contribution in [3.63, 3.8) is 0 Å². The van der Waals surface area contributed by atoms with Crippen molar-refractivity contribution in [3.8, 4) is 0 Å². The van der Waals surface area contributed by atoms with E-state index in [0.29, 0.717) is 43.5 Å². The van der Waals surface area contributed by atoms with Crippen LogP contribution in [0.15, 0.2) is 47.1 Å². The minimum Gasteiger partial charge on any atom is -0.459 e. The first-order valence-corrected chi connectivity index (χ1v) is 9.18. The summed E-state index contributed by atoms with van der Waals surface area (Å²) in [6.45, 7) is 2.71. The summed E-state index contributed by atoms with van der Waals surface area (Å²) in [5.41, 5.74) is 1.22. The molecular weight excluding hydrogens is 348 g/mol. The number of likely N-dealkylation sites (tertiary alicyclic amines) is 1. The largest absolute Gasteiger partial charge is 0.459 e. The molecule has 0 aliphatic carbocycles. The minimum absolute atomic E-state index is 0.00520. The van der Waals surface area contributed by atoms with Crippen LogP contribution in [-0.2, 0) is 9.47 Å². The Morgan fingerprint density at radius 2 is 1.70 bits per heavy atom. The van der Waals surface area contributed by atoms with Gasteiger partial charge in [-0.1, -0.05) is 0 Å². The fourth-order valence-electron chi connectivity index (χ4n) is 3.50. The zero-order valence-corrected chi connectivity index (χ0v) is 14.9. The van der Waals surface area contributed by atoms with Crippen molar-refractivity contribution in [2.75, 3.05) is 31.6 Å². The predicted molar refractivity (Wildman–Crippen MR) is 97.4 cm³/mol. The molecule has 0 unspecified atom stereocenters. The normalized spacial score (nSPS) is 18.6. The van der Waals surface area contributed by atoms with E-state index in [1.807, 2.05) is 4.90 Å². The molecule has 1 aromatic carbocycles. The Balaban J connectivity index is 1.32. The van der Waals surface area contributed by atoms with Crippen molar-refractivity contribution in [1.82, 2.24) is 4.90 Å². The van der Waals surface area contributed by atoms with E-state index >= 15 is 0 Å². The standard InChI is InChI=1S/C20H22N2O5/c23-18(17-2-1-11-25-17)21-16-5-3-14(4-6-16)19(24)22-9-7-15(8-10-22)20-26-12-13-27-20/h1-6,11,15,20H,7-10,12-13H2,(H,21,23). The van der Waals surface area contributed by atoms with E-state index in [9.17, 15) is 9.59 Å². The van der Waals surface area contributed by atoms with Crippen LogP contribution in [0.4, 0.5) is 5.69 Å². The molecule has 3 heterocycles. The number of piperidine rings is 1. The van der Waals surface area contributed by atoms with Crippen LogP contribution in [0.2, 0.25) is 0 Å². The highest BCUT2D eigenvalue weighted by molar-refractivity contribution is 6.02. The summed E-state index contributed by atoms with van der Waals surface area (Å²) in [5, 5.41) is 2.74. The van der Waals surface area contributed by atoms with E-state index in [0.717, 1.165) is 12.8 Å². The maximum absolute atomic E-state index is 12.7. The first-order valence-electron chi connectivity index (χ1n) is 9.18. The number of carbonyl (C=O) groups excluding carboxylic acids is 2. The number of benzene rings is 1. The molecule has 1 aromatic heterocycles. The Morgan fingerprint density at radius 1 is 1.00 bits per heavy atom. The average molecular weight is 370 g/mol. The molecule has 4 rings (SSSR count). The Labute approximate surface area is 157 Å². The second-order valence-corrected chi connectivity index (χ2v) is 6.75. The molecule has 2 aliphatic heterocycles. The van der Waals surface area contributed by atoms with Crippen molar-refractivity contribution in [2.24, 2.45) is 5.92 Å². The van der Waals surface area contributed by atoms with Gasteiger partial charge in [0.2, 0.25) is 0 Å². The Kier molecular flexibility index (Phi) is 5.22. The van der Waals surface area contributed by atoms with Gasteiger partial charge in [0.05, 0.1) is 19.5 Å². The molecular formula is C20H22N2O5. The van der Waals surface area contributed by atoms with Crippen molar-refractivity contribution in [3.05, 3.63) is 54.0 Å². The monoisotopic (exact) mass is 370 g/mol. The number of nitrogens with one attached hydrogen (secondary N) is 1. The van der Waals surface area contributed by atoms with Gasteiger partial charge in [-0.05, 0) is 49.2 Å². The van der Waals surface area contributed by atoms with Crippen LogP contribution in [0, 0.1) is 5.92 Å². The predicted octanol–water partition coefficient (Wildman–Crippen LogP) is 2.76. The van der Waals surface area contributed by atoms with Gasteiger partial charge >= 0.3 is 0 Å². The molecule has 142 valence electrons. The number of carbonyl (C=O) groups is 2. The number of hydrogen-bond acceptors (Lipinski definition) is 5. The minimum atomic E-state index is -0.322. The molecule has 0 saturated carbocycles. The molecule has 0 atom stereocenters. The number of hydrogen-bond donors (Lipinski definition) is 1. The molecule has 0 bridgehead atoms. The maximum Gasteiger partial charge on any atom is 0.291 e. The van der Waals surface area contributed by atoms with Crippen molar-refractivity contribution in [2.45, 2.75) is 19.1 Å². The number of anilines is 1. The van der Waals surface area contributed by atoms with Gasteiger partial charge in [-0.25, -0.2) is 0 Å². The van der Waals surface area contributed by atoms with Crippen LogP contribution in [-0.4, -0.2) is 49.3 Å². The third-order valence-electron chi connectivity index (χ3n) is 4.99. The van der Waals surface area contributed by atoms with Crippen LogP contribution in [0.25, 0.3) is 0 Å². The molecule has 2 aromatic rings. The van der Waals surface area contributed by atoms with Gasteiger partial charge in [0.25, 0.3) is 11.8 Å². The number of furan rings is 1. The Bertz CT molecular complexity index is 773. The van der Waals surface area contributed by atoms with Crippen LogP contribution >= 0.6 is 0 Å². The molecule has 1 N–H and O–H groups in total. The second-order valence-electron chi connectivity index (χ2n) is 6.75. The van der Waals surface area contributed by atoms with Gasteiger partial charge < -0.3 is 24.1 Å². The van der Waals surface area contributed by atoms with Crippen molar-refractivity contribution < 1.29 is 23.5 Å². The van der Waals surface area contributed by atoms with Gasteiger partial charge in [-0.2, -0.15) is 0 Å². The van der Waals surface area contributed by atoms with Crippen LogP contribution in [0.1, 0.15) is 33.8 Å². The summed E-state index contributed by atoms with van der Waals surface area (Å²) < 4.78 is 16.2. The van der Waals surface area contributed by atoms with E-state index < -0.39 is 0 Å². The quantitative estimate of drug-likeness (QED) is 0.895. The van der Waals surface area contributed by atoms with Crippen LogP contribution < -0.4 is 5.32 Å². The summed E-state index contributed by atoms with van der Waals surface area (Å²) in [6, 6.07) is 10.2. The van der Waals surface area contributed by atoms with Crippen molar-refractivity contribution in [1.29, 1.82) is 0 Å². The second kappa shape index (κ2) is 7.94. The summed E-state index contributed by atoms with van der Waals surface area (Å²) in [6.07, 6.45) is 3.10. The van der Waals surface area contributed by atoms with Gasteiger partial charge in [0.15, 0.2) is 12.1 Å². The van der Waals surface area contributed by atoms with Crippen molar-refractivity contribution >= 4 is 17.5 Å². The highest BCUT2D eigenvalue weighted by Gasteiger charge is 2.32. The molecule has 2 aliphatic rings. The SMILES string of the molecule is O=C(Nc1ccc(C(=O)N2CCC(C3OCCO3)CC2)cc1)c1ccco1. The van der Waals surface area contributed by atoms with E-state index in [2.05, 4.69) is 5.32 Å².